The van der Waals surface area contributed by atoms with Crippen molar-refractivity contribution in [3.63, 3.8) is 0 Å². The minimum absolute atomic E-state index is 0.251. The van der Waals surface area contributed by atoms with Gasteiger partial charge >= 0.3 is 0 Å². The Balaban J connectivity index is 1.78. The Morgan fingerprint density at radius 2 is 1.88 bits per heavy atom. The number of ether oxygens (including phenoxy) is 1. The van der Waals surface area contributed by atoms with Crippen LogP contribution < -0.4 is 10.1 Å². The first-order chi connectivity index (χ1) is 11.6. The maximum absolute atomic E-state index is 12.5. The van der Waals surface area contributed by atoms with Crippen LogP contribution in [0.4, 0.5) is 0 Å². The summed E-state index contributed by atoms with van der Waals surface area (Å²) in [6.07, 6.45) is 3.07. The van der Waals surface area contributed by atoms with E-state index in [-0.39, 0.29) is 11.8 Å². The normalized spacial score (nSPS) is 26.1. The van der Waals surface area contributed by atoms with Gasteiger partial charge in [0, 0.05) is 23.9 Å². The number of rotatable bonds is 4. The van der Waals surface area contributed by atoms with Crippen molar-refractivity contribution >= 4 is 5.91 Å². The highest BCUT2D eigenvalue weighted by molar-refractivity contribution is 5.94. The highest BCUT2D eigenvalue weighted by Gasteiger charge is 2.43. The average Bonchev–Trinajstić information content (AvgIpc) is 2.91. The zero-order chi connectivity index (χ0) is 17.1. The number of amides is 1. The smallest absolute Gasteiger partial charge is 0.251 e. The molecule has 4 atom stereocenters. The maximum Gasteiger partial charge on any atom is 0.251 e. The Morgan fingerprint density at radius 1 is 1.21 bits per heavy atom. The summed E-state index contributed by atoms with van der Waals surface area (Å²) < 4.78 is 5.07. The van der Waals surface area contributed by atoms with Crippen LogP contribution in [-0.4, -0.2) is 51.4 Å². The third kappa shape index (κ3) is 3.22. The fraction of sp³-hybridized carbons (Fsp3) is 0.353. The van der Waals surface area contributed by atoms with Gasteiger partial charge in [-0.2, -0.15) is 0 Å². The van der Waals surface area contributed by atoms with Crippen LogP contribution in [0.2, 0.25) is 0 Å². The molecule has 1 aliphatic carbocycles. The molecule has 1 aromatic heterocycles. The van der Waals surface area contributed by atoms with E-state index >= 15 is 0 Å². The largest absolute Gasteiger partial charge is 0.497 e. The van der Waals surface area contributed by atoms with E-state index in [0.29, 0.717) is 17.7 Å². The van der Waals surface area contributed by atoms with Gasteiger partial charge in [-0.3, -0.25) is 4.79 Å². The van der Waals surface area contributed by atoms with Gasteiger partial charge in [-0.25, -0.2) is 9.97 Å². The summed E-state index contributed by atoms with van der Waals surface area (Å²) >= 11 is 0. The molecule has 126 valence electrons. The molecule has 0 radical (unpaired) electrons. The number of aliphatic hydroxyl groups excluding tert-OH is 2. The van der Waals surface area contributed by atoms with Gasteiger partial charge in [-0.1, -0.05) is 0 Å². The molecule has 0 spiro atoms. The minimum Gasteiger partial charge on any atom is -0.497 e. The summed E-state index contributed by atoms with van der Waals surface area (Å²) in [5, 5.41) is 23.1. The Kier molecular flexibility index (Phi) is 4.73. The average molecular weight is 329 g/mol. The second-order valence-electron chi connectivity index (χ2n) is 5.80. The molecule has 7 heteroatoms. The molecule has 1 fully saturated rings. The molecule has 0 unspecified atom stereocenters. The first-order valence-corrected chi connectivity index (χ1v) is 7.66. The SMILES string of the molecule is COc1ccc(C(=O)N[C@H]2[C@H](O)[C@H](O)C[C@@H]2c2cncnc2)cc1. The van der Waals surface area contributed by atoms with Gasteiger partial charge in [0.1, 0.15) is 18.2 Å². The topological polar surface area (TPSA) is 105 Å². The van der Waals surface area contributed by atoms with Gasteiger partial charge in [0.2, 0.25) is 0 Å². The molecule has 3 rings (SSSR count). The van der Waals surface area contributed by atoms with E-state index in [1.165, 1.54) is 6.33 Å². The number of carbonyl (C=O) groups excluding carboxylic acids is 1. The van der Waals surface area contributed by atoms with Gasteiger partial charge in [-0.15, -0.1) is 0 Å². The molecule has 7 nitrogen and oxygen atoms in total. The summed E-state index contributed by atoms with van der Waals surface area (Å²) in [4.78, 5) is 20.4. The number of aliphatic hydroxyl groups is 2. The fourth-order valence-corrected chi connectivity index (χ4v) is 3.03. The molecular weight excluding hydrogens is 310 g/mol. The van der Waals surface area contributed by atoms with Crippen LogP contribution in [0.15, 0.2) is 43.0 Å². The minimum atomic E-state index is -1.04. The highest BCUT2D eigenvalue weighted by atomic mass is 16.5. The van der Waals surface area contributed by atoms with E-state index in [4.69, 9.17) is 4.74 Å². The van der Waals surface area contributed by atoms with Gasteiger partial charge in [0.05, 0.1) is 19.3 Å². The first-order valence-electron chi connectivity index (χ1n) is 7.66. The van der Waals surface area contributed by atoms with Crippen molar-refractivity contribution in [3.8, 4) is 5.75 Å². The second kappa shape index (κ2) is 6.94. The van der Waals surface area contributed by atoms with Crippen molar-refractivity contribution in [1.82, 2.24) is 15.3 Å². The summed E-state index contributed by atoms with van der Waals surface area (Å²) in [7, 11) is 1.55. The van der Waals surface area contributed by atoms with Crippen LogP contribution in [0.3, 0.4) is 0 Å². The summed E-state index contributed by atoms with van der Waals surface area (Å²) in [6.45, 7) is 0. The number of nitrogens with one attached hydrogen (secondary N) is 1. The number of hydrogen-bond donors (Lipinski definition) is 3. The zero-order valence-corrected chi connectivity index (χ0v) is 13.2. The van der Waals surface area contributed by atoms with E-state index in [9.17, 15) is 15.0 Å². The molecule has 24 heavy (non-hydrogen) atoms. The predicted molar refractivity (Wildman–Crippen MR) is 85.7 cm³/mol. The summed E-state index contributed by atoms with van der Waals surface area (Å²) in [6, 6.07) is 6.06. The van der Waals surface area contributed by atoms with Gasteiger partial charge in [0.25, 0.3) is 5.91 Å². The molecule has 1 aliphatic rings. The fourth-order valence-electron chi connectivity index (χ4n) is 3.03. The monoisotopic (exact) mass is 329 g/mol. The van der Waals surface area contributed by atoms with Crippen molar-refractivity contribution in [2.75, 3.05) is 7.11 Å². The van der Waals surface area contributed by atoms with Crippen LogP contribution in [0.1, 0.15) is 28.3 Å². The lowest BCUT2D eigenvalue weighted by Crippen LogP contribution is -2.45. The lowest BCUT2D eigenvalue weighted by atomic mass is 9.95. The molecular formula is C17H19N3O4. The van der Waals surface area contributed by atoms with Gasteiger partial charge in [-0.05, 0) is 36.2 Å². The lowest BCUT2D eigenvalue weighted by molar-refractivity contribution is 0.0294. The van der Waals surface area contributed by atoms with E-state index in [1.54, 1.807) is 43.8 Å². The third-order valence-corrected chi connectivity index (χ3v) is 4.35. The van der Waals surface area contributed by atoms with Crippen molar-refractivity contribution in [1.29, 1.82) is 0 Å². The Labute approximate surface area is 139 Å². The molecule has 1 heterocycles. The number of hydrogen-bond acceptors (Lipinski definition) is 6. The number of carbonyl (C=O) groups is 1. The van der Waals surface area contributed by atoms with Crippen LogP contribution in [0.5, 0.6) is 5.75 Å². The Hall–Kier alpha value is -2.51. The number of nitrogens with zero attached hydrogens (tertiary/aromatic N) is 2. The van der Waals surface area contributed by atoms with E-state index in [0.717, 1.165) is 5.56 Å². The first kappa shape index (κ1) is 16.4. The van der Waals surface area contributed by atoms with Crippen LogP contribution >= 0.6 is 0 Å². The molecule has 1 aromatic carbocycles. The molecule has 0 saturated heterocycles. The van der Waals surface area contributed by atoms with E-state index < -0.39 is 18.2 Å². The molecule has 1 saturated carbocycles. The van der Waals surface area contributed by atoms with Crippen molar-refractivity contribution in [3.05, 3.63) is 54.1 Å². The highest BCUT2D eigenvalue weighted by Crippen LogP contribution is 2.34. The quantitative estimate of drug-likeness (QED) is 0.754. The Bertz CT molecular complexity index is 693. The standard InChI is InChI=1S/C17H19N3O4/c1-24-12-4-2-10(3-5-12)17(23)20-15-13(6-14(21)16(15)22)11-7-18-9-19-8-11/h2-5,7-9,13-16,21-22H,6H2,1H3,(H,20,23)/t13-,14-,15-,16-/m1/s1. The number of methoxy groups -OCH3 is 1. The predicted octanol–water partition coefficient (Wildman–Crippen LogP) is 0.493. The molecule has 2 aromatic rings. The van der Waals surface area contributed by atoms with Crippen LogP contribution in [-0.2, 0) is 0 Å². The maximum atomic E-state index is 12.5. The van der Waals surface area contributed by atoms with Crippen molar-refractivity contribution in [2.24, 2.45) is 0 Å². The van der Waals surface area contributed by atoms with Crippen LogP contribution in [0.25, 0.3) is 0 Å². The second-order valence-corrected chi connectivity index (χ2v) is 5.80. The zero-order valence-electron chi connectivity index (χ0n) is 13.2. The molecule has 0 aliphatic heterocycles. The van der Waals surface area contributed by atoms with Crippen LogP contribution in [0, 0.1) is 0 Å². The third-order valence-electron chi connectivity index (χ3n) is 4.35. The lowest BCUT2D eigenvalue weighted by Gasteiger charge is -2.23. The van der Waals surface area contributed by atoms with Crippen molar-refractivity contribution in [2.45, 2.75) is 30.6 Å². The van der Waals surface area contributed by atoms with E-state index in [1.807, 2.05) is 0 Å². The van der Waals surface area contributed by atoms with E-state index in [2.05, 4.69) is 15.3 Å². The molecule has 1 amide bonds. The van der Waals surface area contributed by atoms with Gasteiger partial charge < -0.3 is 20.3 Å². The summed E-state index contributed by atoms with van der Waals surface area (Å²) in [5.74, 6) is 0.0817. The van der Waals surface area contributed by atoms with Crippen molar-refractivity contribution < 1.29 is 19.7 Å². The molecule has 0 bridgehead atoms. The number of aromatic nitrogens is 2. The number of benzene rings is 1. The van der Waals surface area contributed by atoms with Gasteiger partial charge in [0.15, 0.2) is 0 Å². The summed E-state index contributed by atoms with van der Waals surface area (Å²) in [5.41, 5.74) is 1.22. The molecule has 3 N–H and O–H groups in total. The Morgan fingerprint density at radius 3 is 2.50 bits per heavy atom.